The van der Waals surface area contributed by atoms with Gasteiger partial charge in [0, 0.05) is 27.4 Å². The molecule has 1 heterocycles. The van der Waals surface area contributed by atoms with E-state index in [1.165, 1.54) is 22.2 Å². The van der Waals surface area contributed by atoms with Crippen molar-refractivity contribution in [2.75, 3.05) is 13.7 Å². The standard InChI is InChI=1S/C17H28BrNOS/c1-5-20-17(8-6-16(2,3)7-9-17)15(19-4)11-14-10-13(18)12-21-14/h10,12,15,19H,5-9,11H2,1-4H3. The van der Waals surface area contributed by atoms with Crippen LogP contribution in [0.5, 0.6) is 0 Å². The minimum atomic E-state index is -0.00448. The first kappa shape index (κ1) is 17.5. The van der Waals surface area contributed by atoms with Crippen molar-refractivity contribution in [1.29, 1.82) is 0 Å². The monoisotopic (exact) mass is 373 g/mol. The average Bonchev–Trinajstić information content (AvgIpc) is 2.85. The number of likely N-dealkylation sites (N-methyl/N-ethyl adjacent to an activating group) is 1. The molecular weight excluding hydrogens is 346 g/mol. The Labute approximate surface area is 141 Å². The van der Waals surface area contributed by atoms with Crippen molar-refractivity contribution in [2.45, 2.75) is 64.5 Å². The molecule has 0 spiro atoms. The summed E-state index contributed by atoms with van der Waals surface area (Å²) in [6, 6.07) is 2.63. The van der Waals surface area contributed by atoms with Gasteiger partial charge in [-0.1, -0.05) is 13.8 Å². The Kier molecular flexibility index (Phi) is 5.91. The lowest BCUT2D eigenvalue weighted by molar-refractivity contribution is -0.105. The van der Waals surface area contributed by atoms with Gasteiger partial charge in [-0.15, -0.1) is 11.3 Å². The van der Waals surface area contributed by atoms with Gasteiger partial charge in [0.05, 0.1) is 5.60 Å². The van der Waals surface area contributed by atoms with Gasteiger partial charge < -0.3 is 10.1 Å². The van der Waals surface area contributed by atoms with E-state index in [0.717, 1.165) is 25.9 Å². The highest BCUT2D eigenvalue weighted by Crippen LogP contribution is 2.44. The van der Waals surface area contributed by atoms with Crippen LogP contribution >= 0.6 is 27.3 Å². The highest BCUT2D eigenvalue weighted by atomic mass is 79.9. The third-order valence-electron chi connectivity index (χ3n) is 4.89. The fourth-order valence-electron chi connectivity index (χ4n) is 3.44. The maximum atomic E-state index is 6.33. The lowest BCUT2D eigenvalue weighted by Gasteiger charge is -2.47. The fourth-order valence-corrected chi connectivity index (χ4v) is 4.94. The topological polar surface area (TPSA) is 21.3 Å². The molecule has 1 aromatic rings. The maximum Gasteiger partial charge on any atom is 0.0838 e. The maximum absolute atomic E-state index is 6.33. The highest BCUT2D eigenvalue weighted by Gasteiger charge is 2.44. The summed E-state index contributed by atoms with van der Waals surface area (Å²) in [6.45, 7) is 7.68. The number of halogens is 1. The molecule has 0 radical (unpaired) electrons. The number of hydrogen-bond acceptors (Lipinski definition) is 3. The number of thiophene rings is 1. The predicted octanol–water partition coefficient (Wildman–Crippen LogP) is 5.02. The first-order valence-electron chi connectivity index (χ1n) is 7.95. The molecule has 1 aliphatic carbocycles. The zero-order valence-corrected chi connectivity index (χ0v) is 16.1. The van der Waals surface area contributed by atoms with Gasteiger partial charge in [0.2, 0.25) is 0 Å². The van der Waals surface area contributed by atoms with Crippen LogP contribution in [-0.4, -0.2) is 25.3 Å². The molecule has 1 fully saturated rings. The smallest absolute Gasteiger partial charge is 0.0838 e. The van der Waals surface area contributed by atoms with Gasteiger partial charge in [-0.3, -0.25) is 0 Å². The lowest BCUT2D eigenvalue weighted by atomic mass is 9.68. The van der Waals surface area contributed by atoms with Crippen LogP contribution in [-0.2, 0) is 11.2 Å². The van der Waals surface area contributed by atoms with Gasteiger partial charge in [0.15, 0.2) is 0 Å². The SMILES string of the molecule is CCOC1(C(Cc2cc(Br)cs2)NC)CCC(C)(C)CC1. The van der Waals surface area contributed by atoms with Gasteiger partial charge in [-0.2, -0.15) is 0 Å². The Morgan fingerprint density at radius 2 is 2.00 bits per heavy atom. The van der Waals surface area contributed by atoms with Gasteiger partial charge in [0.1, 0.15) is 0 Å². The van der Waals surface area contributed by atoms with Crippen LogP contribution < -0.4 is 5.32 Å². The molecule has 1 unspecified atom stereocenters. The Morgan fingerprint density at radius 3 is 2.48 bits per heavy atom. The molecule has 4 heteroatoms. The molecule has 2 rings (SSSR count). The second-order valence-corrected chi connectivity index (χ2v) is 8.85. The Morgan fingerprint density at radius 1 is 1.33 bits per heavy atom. The molecule has 0 saturated heterocycles. The van der Waals surface area contributed by atoms with Crippen molar-refractivity contribution < 1.29 is 4.74 Å². The summed E-state index contributed by atoms with van der Waals surface area (Å²) in [4.78, 5) is 1.42. The predicted molar refractivity (Wildman–Crippen MR) is 95.2 cm³/mol. The first-order valence-corrected chi connectivity index (χ1v) is 9.62. The van der Waals surface area contributed by atoms with E-state index in [0.29, 0.717) is 11.5 Å². The summed E-state index contributed by atoms with van der Waals surface area (Å²) in [5.74, 6) is 0. The Hall–Kier alpha value is 0.1000. The quantitative estimate of drug-likeness (QED) is 0.755. The summed E-state index contributed by atoms with van der Waals surface area (Å²) in [5, 5.41) is 5.71. The second kappa shape index (κ2) is 7.12. The van der Waals surface area contributed by atoms with E-state index in [2.05, 4.69) is 60.5 Å². The largest absolute Gasteiger partial charge is 0.374 e. The summed E-state index contributed by atoms with van der Waals surface area (Å²) < 4.78 is 7.51. The molecule has 21 heavy (non-hydrogen) atoms. The molecule has 0 amide bonds. The van der Waals surface area contributed by atoms with E-state index in [9.17, 15) is 0 Å². The van der Waals surface area contributed by atoms with Crippen LogP contribution in [0.15, 0.2) is 15.9 Å². The van der Waals surface area contributed by atoms with Crippen LogP contribution in [0, 0.1) is 5.41 Å². The van der Waals surface area contributed by atoms with Crippen LogP contribution in [0.3, 0.4) is 0 Å². The van der Waals surface area contributed by atoms with Gasteiger partial charge in [0.25, 0.3) is 0 Å². The zero-order valence-electron chi connectivity index (χ0n) is 13.7. The third-order valence-corrected chi connectivity index (χ3v) is 6.61. The normalized spacial score (nSPS) is 22.1. The van der Waals surface area contributed by atoms with Crippen molar-refractivity contribution in [3.63, 3.8) is 0 Å². The molecule has 120 valence electrons. The molecule has 2 nitrogen and oxygen atoms in total. The van der Waals surface area contributed by atoms with E-state index in [-0.39, 0.29) is 5.60 Å². The van der Waals surface area contributed by atoms with Crippen LogP contribution in [0.25, 0.3) is 0 Å². The van der Waals surface area contributed by atoms with E-state index in [1.807, 2.05) is 11.3 Å². The van der Waals surface area contributed by atoms with Crippen LogP contribution in [0.1, 0.15) is 51.3 Å². The molecular formula is C17H28BrNOS. The third kappa shape index (κ3) is 4.31. The van der Waals surface area contributed by atoms with E-state index in [1.54, 1.807) is 0 Å². The summed E-state index contributed by atoms with van der Waals surface area (Å²) in [7, 11) is 2.08. The van der Waals surface area contributed by atoms with Crippen molar-refractivity contribution in [3.8, 4) is 0 Å². The second-order valence-electron chi connectivity index (χ2n) is 6.94. The Balaban J connectivity index is 2.14. The van der Waals surface area contributed by atoms with E-state index < -0.39 is 0 Å². The number of nitrogens with one attached hydrogen (secondary N) is 1. The highest BCUT2D eigenvalue weighted by molar-refractivity contribution is 9.10. The molecule has 1 N–H and O–H groups in total. The molecule has 0 aliphatic heterocycles. The van der Waals surface area contributed by atoms with Crippen molar-refractivity contribution >= 4 is 27.3 Å². The molecule has 0 bridgehead atoms. The van der Waals surface area contributed by atoms with Crippen molar-refractivity contribution in [3.05, 3.63) is 20.8 Å². The van der Waals surface area contributed by atoms with Crippen molar-refractivity contribution in [2.24, 2.45) is 5.41 Å². The van der Waals surface area contributed by atoms with Gasteiger partial charge in [-0.05, 0) is 73.5 Å². The number of ether oxygens (including phenoxy) is 1. The number of hydrogen-bond donors (Lipinski definition) is 1. The number of rotatable bonds is 6. The summed E-state index contributed by atoms with van der Waals surface area (Å²) in [5.41, 5.74) is 0.459. The zero-order chi connectivity index (χ0) is 15.5. The van der Waals surface area contributed by atoms with Crippen LogP contribution in [0.4, 0.5) is 0 Å². The summed E-state index contributed by atoms with van der Waals surface area (Å²) >= 11 is 5.39. The summed E-state index contributed by atoms with van der Waals surface area (Å²) in [6.07, 6.45) is 5.86. The van der Waals surface area contributed by atoms with Gasteiger partial charge in [-0.25, -0.2) is 0 Å². The van der Waals surface area contributed by atoms with Crippen LogP contribution in [0.2, 0.25) is 0 Å². The first-order chi connectivity index (χ1) is 9.91. The van der Waals surface area contributed by atoms with Gasteiger partial charge >= 0.3 is 0 Å². The molecule has 0 aromatic carbocycles. The molecule has 1 atom stereocenters. The average molecular weight is 374 g/mol. The molecule has 1 saturated carbocycles. The molecule has 1 aromatic heterocycles. The minimum absolute atomic E-state index is 0.00448. The Bertz CT molecular complexity index is 447. The minimum Gasteiger partial charge on any atom is -0.374 e. The van der Waals surface area contributed by atoms with E-state index >= 15 is 0 Å². The molecule has 1 aliphatic rings. The van der Waals surface area contributed by atoms with E-state index in [4.69, 9.17) is 4.74 Å². The van der Waals surface area contributed by atoms with Crippen molar-refractivity contribution in [1.82, 2.24) is 5.32 Å². The fraction of sp³-hybridized carbons (Fsp3) is 0.765. The lowest BCUT2D eigenvalue weighted by Crippen LogP contribution is -2.55.